The van der Waals surface area contributed by atoms with Gasteiger partial charge in [-0.05, 0) is 41.4 Å². The second kappa shape index (κ2) is 4.58. The monoisotopic (exact) mass is 224 g/mol. The van der Waals surface area contributed by atoms with Gasteiger partial charge in [-0.15, -0.1) is 11.8 Å². The zero-order valence-corrected chi connectivity index (χ0v) is 11.0. The maximum absolute atomic E-state index is 9.27. The lowest BCUT2D eigenvalue weighted by Crippen LogP contribution is -2.13. The average Bonchev–Trinajstić information content (AvgIpc) is 2.15. The van der Waals surface area contributed by atoms with Crippen molar-refractivity contribution < 1.29 is 5.11 Å². The highest BCUT2D eigenvalue weighted by atomic mass is 32.2. The number of hydrogen-bond donors (Lipinski definition) is 1. The molecule has 0 amide bonds. The quantitative estimate of drug-likeness (QED) is 0.776. The van der Waals surface area contributed by atoms with Crippen molar-refractivity contribution >= 4 is 11.8 Å². The molecular formula is C13H20OS. The summed E-state index contributed by atoms with van der Waals surface area (Å²) in [5, 5.41) is 9.27. The van der Waals surface area contributed by atoms with Gasteiger partial charge < -0.3 is 5.11 Å². The molecular weight excluding hydrogens is 204 g/mol. The van der Waals surface area contributed by atoms with Gasteiger partial charge in [0.2, 0.25) is 0 Å². The van der Waals surface area contributed by atoms with Gasteiger partial charge in [-0.1, -0.05) is 26.8 Å². The second-order valence-corrected chi connectivity index (χ2v) is 5.74. The SMILES string of the molecule is CSc1cc(C)c(CO)cc1C(C)(C)C. The lowest BCUT2D eigenvalue weighted by molar-refractivity contribution is 0.280. The van der Waals surface area contributed by atoms with Crippen LogP contribution in [0.3, 0.4) is 0 Å². The molecule has 2 heteroatoms. The minimum absolute atomic E-state index is 0.129. The molecule has 0 aliphatic carbocycles. The molecule has 15 heavy (non-hydrogen) atoms. The van der Waals surface area contributed by atoms with Crippen LogP contribution in [0.4, 0.5) is 0 Å². The molecule has 0 saturated carbocycles. The number of rotatable bonds is 2. The number of aliphatic hydroxyl groups is 1. The smallest absolute Gasteiger partial charge is 0.0684 e. The summed E-state index contributed by atoms with van der Waals surface area (Å²) in [5.74, 6) is 0. The van der Waals surface area contributed by atoms with Gasteiger partial charge in [-0.3, -0.25) is 0 Å². The average molecular weight is 224 g/mol. The molecule has 0 aliphatic rings. The van der Waals surface area contributed by atoms with Crippen molar-refractivity contribution in [2.24, 2.45) is 0 Å². The van der Waals surface area contributed by atoms with Gasteiger partial charge in [-0.2, -0.15) is 0 Å². The predicted molar refractivity (Wildman–Crippen MR) is 67.6 cm³/mol. The number of aliphatic hydroxyl groups excluding tert-OH is 1. The molecule has 0 unspecified atom stereocenters. The van der Waals surface area contributed by atoms with Crippen molar-refractivity contribution in [3.63, 3.8) is 0 Å². The molecule has 0 radical (unpaired) electrons. The maximum Gasteiger partial charge on any atom is 0.0684 e. The van der Waals surface area contributed by atoms with Gasteiger partial charge in [0.1, 0.15) is 0 Å². The molecule has 0 aliphatic heterocycles. The third-order valence-corrected chi connectivity index (χ3v) is 3.41. The Morgan fingerprint density at radius 1 is 1.27 bits per heavy atom. The number of aryl methyl sites for hydroxylation is 1. The van der Waals surface area contributed by atoms with Crippen LogP contribution >= 0.6 is 11.8 Å². The molecule has 0 aromatic heterocycles. The highest BCUT2D eigenvalue weighted by Gasteiger charge is 2.19. The summed E-state index contributed by atoms with van der Waals surface area (Å²) in [7, 11) is 0. The molecule has 0 atom stereocenters. The van der Waals surface area contributed by atoms with E-state index in [1.54, 1.807) is 11.8 Å². The normalized spacial score (nSPS) is 11.9. The molecule has 0 spiro atoms. The van der Waals surface area contributed by atoms with E-state index in [4.69, 9.17) is 0 Å². The van der Waals surface area contributed by atoms with Crippen LogP contribution < -0.4 is 0 Å². The van der Waals surface area contributed by atoms with Crippen LogP contribution in [0.5, 0.6) is 0 Å². The predicted octanol–water partition coefficient (Wildman–Crippen LogP) is 3.51. The van der Waals surface area contributed by atoms with Crippen molar-refractivity contribution in [2.75, 3.05) is 6.26 Å². The maximum atomic E-state index is 9.27. The fourth-order valence-electron chi connectivity index (χ4n) is 1.65. The van der Waals surface area contributed by atoms with Crippen LogP contribution in [0.1, 0.15) is 37.5 Å². The summed E-state index contributed by atoms with van der Waals surface area (Å²) in [5.41, 5.74) is 3.67. The van der Waals surface area contributed by atoms with E-state index in [2.05, 4.69) is 46.1 Å². The molecule has 1 rings (SSSR count). The molecule has 0 heterocycles. The van der Waals surface area contributed by atoms with E-state index >= 15 is 0 Å². The van der Waals surface area contributed by atoms with Crippen LogP contribution in [-0.2, 0) is 12.0 Å². The van der Waals surface area contributed by atoms with Gasteiger partial charge in [-0.25, -0.2) is 0 Å². The summed E-state index contributed by atoms with van der Waals surface area (Å²) in [6, 6.07) is 4.32. The van der Waals surface area contributed by atoms with Gasteiger partial charge in [0.05, 0.1) is 6.61 Å². The Morgan fingerprint density at radius 3 is 2.27 bits per heavy atom. The van der Waals surface area contributed by atoms with Crippen LogP contribution in [0.25, 0.3) is 0 Å². The minimum atomic E-state index is 0.129. The third-order valence-electron chi connectivity index (χ3n) is 2.64. The van der Waals surface area contributed by atoms with Crippen LogP contribution in [0.15, 0.2) is 17.0 Å². The van der Waals surface area contributed by atoms with Crippen molar-refractivity contribution in [1.82, 2.24) is 0 Å². The molecule has 1 aromatic rings. The topological polar surface area (TPSA) is 20.2 Å². The van der Waals surface area contributed by atoms with Crippen molar-refractivity contribution in [3.05, 3.63) is 28.8 Å². The van der Waals surface area contributed by atoms with Crippen LogP contribution in [0, 0.1) is 6.92 Å². The highest BCUT2D eigenvalue weighted by molar-refractivity contribution is 7.98. The van der Waals surface area contributed by atoms with Gasteiger partial charge in [0, 0.05) is 4.90 Å². The summed E-state index contributed by atoms with van der Waals surface area (Å²) in [6.45, 7) is 8.80. The number of hydrogen-bond acceptors (Lipinski definition) is 2. The minimum Gasteiger partial charge on any atom is -0.392 e. The Hall–Kier alpha value is -0.470. The van der Waals surface area contributed by atoms with Crippen LogP contribution in [-0.4, -0.2) is 11.4 Å². The second-order valence-electron chi connectivity index (χ2n) is 4.89. The first-order chi connectivity index (χ1) is 6.90. The molecule has 84 valence electrons. The number of thioether (sulfide) groups is 1. The van der Waals surface area contributed by atoms with Gasteiger partial charge in [0.15, 0.2) is 0 Å². The molecule has 0 saturated heterocycles. The van der Waals surface area contributed by atoms with E-state index in [1.807, 2.05) is 0 Å². The van der Waals surface area contributed by atoms with Crippen molar-refractivity contribution in [1.29, 1.82) is 0 Å². The molecule has 0 fully saturated rings. The fraction of sp³-hybridized carbons (Fsp3) is 0.538. The first kappa shape index (κ1) is 12.6. The number of benzene rings is 1. The standard InChI is InChI=1S/C13H20OS/c1-9-6-12(15-5)11(13(2,3)4)7-10(9)8-14/h6-7,14H,8H2,1-5H3. The first-order valence-corrected chi connectivity index (χ1v) is 6.41. The van der Waals surface area contributed by atoms with Gasteiger partial charge >= 0.3 is 0 Å². The lowest BCUT2D eigenvalue weighted by Gasteiger charge is -2.24. The lowest BCUT2D eigenvalue weighted by atomic mass is 9.85. The Kier molecular flexibility index (Phi) is 3.85. The Labute approximate surface area is 96.9 Å². The zero-order chi connectivity index (χ0) is 11.6. The van der Waals surface area contributed by atoms with Crippen molar-refractivity contribution in [3.8, 4) is 0 Å². The van der Waals surface area contributed by atoms with Gasteiger partial charge in [0.25, 0.3) is 0 Å². The summed E-state index contributed by atoms with van der Waals surface area (Å²) >= 11 is 1.77. The summed E-state index contributed by atoms with van der Waals surface area (Å²) < 4.78 is 0. The molecule has 1 N–H and O–H groups in total. The largest absolute Gasteiger partial charge is 0.392 e. The Bertz CT molecular complexity index is 350. The van der Waals surface area contributed by atoms with E-state index in [9.17, 15) is 5.11 Å². The van der Waals surface area contributed by atoms with E-state index in [0.717, 1.165) is 5.56 Å². The zero-order valence-electron chi connectivity index (χ0n) is 10.2. The van der Waals surface area contributed by atoms with E-state index < -0.39 is 0 Å². The van der Waals surface area contributed by atoms with E-state index in [1.165, 1.54) is 16.0 Å². The molecule has 1 aromatic carbocycles. The molecule has 1 nitrogen and oxygen atoms in total. The Morgan fingerprint density at radius 2 is 1.87 bits per heavy atom. The fourth-order valence-corrected chi connectivity index (χ4v) is 2.53. The highest BCUT2D eigenvalue weighted by Crippen LogP contribution is 2.33. The summed E-state index contributed by atoms with van der Waals surface area (Å²) in [4.78, 5) is 1.32. The van der Waals surface area contributed by atoms with Crippen LogP contribution in [0.2, 0.25) is 0 Å². The summed E-state index contributed by atoms with van der Waals surface area (Å²) in [6.07, 6.45) is 2.10. The van der Waals surface area contributed by atoms with E-state index in [-0.39, 0.29) is 12.0 Å². The molecule has 0 bridgehead atoms. The Balaban J connectivity index is 3.36. The van der Waals surface area contributed by atoms with Crippen molar-refractivity contribution in [2.45, 2.75) is 44.6 Å². The van der Waals surface area contributed by atoms with E-state index in [0.29, 0.717) is 0 Å². The first-order valence-electron chi connectivity index (χ1n) is 5.19. The third kappa shape index (κ3) is 2.76.